The smallest absolute Gasteiger partial charge is 0.174 e. The fraction of sp³-hybridized carbons (Fsp3) is 0.818. The van der Waals surface area contributed by atoms with Gasteiger partial charge in [-0.15, -0.1) is 10.2 Å². The monoisotopic (exact) mass is 259 g/mol. The minimum atomic E-state index is 0.240. The van der Waals surface area contributed by atoms with Gasteiger partial charge >= 0.3 is 0 Å². The number of hydrogen-bond donors (Lipinski definition) is 1. The van der Waals surface area contributed by atoms with Crippen molar-refractivity contribution in [1.82, 2.24) is 15.5 Å². The van der Waals surface area contributed by atoms with Crippen molar-refractivity contribution in [2.24, 2.45) is 0 Å². The molecule has 0 saturated carbocycles. The Hall–Kier alpha value is -0.130. The molecule has 5 heteroatoms. The zero-order valence-electron chi connectivity index (χ0n) is 10.5. The third-order valence-corrected chi connectivity index (χ3v) is 4.02. The first-order valence-corrected chi connectivity index (χ1v) is 7.45. The van der Waals surface area contributed by atoms with E-state index in [9.17, 15) is 0 Å². The van der Waals surface area contributed by atoms with Crippen molar-refractivity contribution >= 4 is 23.1 Å². The van der Waals surface area contributed by atoms with E-state index in [0.29, 0.717) is 0 Å². The van der Waals surface area contributed by atoms with Crippen LogP contribution >= 0.6 is 23.1 Å². The molecule has 0 bridgehead atoms. The molecule has 0 aliphatic heterocycles. The zero-order valence-corrected chi connectivity index (χ0v) is 12.2. The Bertz CT molecular complexity index is 304. The molecule has 1 aromatic heterocycles. The van der Waals surface area contributed by atoms with Crippen molar-refractivity contribution < 1.29 is 0 Å². The molecule has 1 aromatic rings. The largest absolute Gasteiger partial charge is 0.312 e. The van der Waals surface area contributed by atoms with Gasteiger partial charge in [0, 0.05) is 11.3 Å². The van der Waals surface area contributed by atoms with Crippen molar-refractivity contribution in [2.75, 3.05) is 12.3 Å². The Balaban J connectivity index is 2.00. The lowest BCUT2D eigenvalue weighted by molar-refractivity contribution is 0.421. The summed E-state index contributed by atoms with van der Waals surface area (Å²) in [6.07, 6.45) is 2.45. The van der Waals surface area contributed by atoms with Gasteiger partial charge in [-0.1, -0.05) is 23.1 Å². The van der Waals surface area contributed by atoms with Gasteiger partial charge in [0.05, 0.1) is 0 Å². The Morgan fingerprint density at radius 3 is 2.56 bits per heavy atom. The van der Waals surface area contributed by atoms with Gasteiger partial charge in [0.2, 0.25) is 0 Å². The molecule has 0 fully saturated rings. The SMILES string of the molecule is Cc1nnc(SCCCCNC(C)(C)C)s1. The molecule has 3 nitrogen and oxygen atoms in total. The third-order valence-electron chi connectivity index (χ3n) is 1.96. The standard InChI is InChI=1S/C11H21N3S2/c1-9-13-14-10(16-9)15-8-6-5-7-12-11(2,3)4/h12H,5-8H2,1-4H3. The van der Waals surface area contributed by atoms with E-state index in [4.69, 9.17) is 0 Å². The average molecular weight is 259 g/mol. The second kappa shape index (κ2) is 6.57. The summed E-state index contributed by atoms with van der Waals surface area (Å²) in [6, 6.07) is 0. The highest BCUT2D eigenvalue weighted by Gasteiger charge is 2.07. The number of nitrogens with one attached hydrogen (secondary N) is 1. The summed E-state index contributed by atoms with van der Waals surface area (Å²) < 4.78 is 1.10. The number of thioether (sulfide) groups is 1. The predicted octanol–water partition coefficient (Wildman–Crippen LogP) is 3.11. The maximum absolute atomic E-state index is 4.09. The molecule has 0 saturated heterocycles. The van der Waals surface area contributed by atoms with Gasteiger partial charge in [-0.3, -0.25) is 0 Å². The van der Waals surface area contributed by atoms with Gasteiger partial charge in [0.15, 0.2) is 4.34 Å². The summed E-state index contributed by atoms with van der Waals surface area (Å²) in [5, 5.41) is 12.6. The van der Waals surface area contributed by atoms with Crippen LogP contribution in [0.5, 0.6) is 0 Å². The van der Waals surface area contributed by atoms with Gasteiger partial charge < -0.3 is 5.32 Å². The van der Waals surface area contributed by atoms with Gasteiger partial charge in [0.25, 0.3) is 0 Å². The molecule has 16 heavy (non-hydrogen) atoms. The molecule has 0 amide bonds. The van der Waals surface area contributed by atoms with E-state index in [2.05, 4.69) is 36.3 Å². The molecular formula is C11H21N3S2. The van der Waals surface area contributed by atoms with Crippen LogP contribution < -0.4 is 5.32 Å². The Morgan fingerprint density at radius 1 is 1.25 bits per heavy atom. The van der Waals surface area contributed by atoms with Crippen molar-refractivity contribution in [3.63, 3.8) is 0 Å². The summed E-state index contributed by atoms with van der Waals surface area (Å²) in [5.41, 5.74) is 0.240. The van der Waals surface area contributed by atoms with Crippen LogP contribution in [0.15, 0.2) is 4.34 Å². The van der Waals surface area contributed by atoms with Crippen molar-refractivity contribution in [3.8, 4) is 0 Å². The Morgan fingerprint density at radius 2 is 2.00 bits per heavy atom. The normalized spacial score (nSPS) is 12.0. The van der Waals surface area contributed by atoms with E-state index in [1.165, 1.54) is 12.8 Å². The number of aromatic nitrogens is 2. The van der Waals surface area contributed by atoms with E-state index in [-0.39, 0.29) is 5.54 Å². The fourth-order valence-corrected chi connectivity index (χ4v) is 3.07. The highest BCUT2D eigenvalue weighted by atomic mass is 32.2. The summed E-state index contributed by atoms with van der Waals surface area (Å²) in [4.78, 5) is 0. The number of rotatable bonds is 6. The maximum Gasteiger partial charge on any atom is 0.174 e. The van der Waals surface area contributed by atoms with Crippen LogP contribution in [0.1, 0.15) is 38.6 Å². The van der Waals surface area contributed by atoms with Crippen LogP contribution in [0, 0.1) is 6.92 Å². The average Bonchev–Trinajstić information content (AvgIpc) is 2.56. The Kier molecular flexibility index (Phi) is 5.72. The molecule has 1 N–H and O–H groups in total. The van der Waals surface area contributed by atoms with E-state index >= 15 is 0 Å². The lowest BCUT2D eigenvalue weighted by Gasteiger charge is -2.20. The van der Waals surface area contributed by atoms with Gasteiger partial charge in [-0.25, -0.2) is 0 Å². The predicted molar refractivity (Wildman–Crippen MR) is 72.4 cm³/mol. The van der Waals surface area contributed by atoms with Crippen LogP contribution in [0.25, 0.3) is 0 Å². The molecule has 1 rings (SSSR count). The molecule has 0 aliphatic carbocycles. The van der Waals surface area contributed by atoms with Crippen molar-refractivity contribution in [1.29, 1.82) is 0 Å². The molecule has 92 valence electrons. The summed E-state index contributed by atoms with van der Waals surface area (Å²) in [7, 11) is 0. The van der Waals surface area contributed by atoms with E-state index in [1.807, 2.05) is 18.7 Å². The van der Waals surface area contributed by atoms with Crippen molar-refractivity contribution in [2.45, 2.75) is 50.4 Å². The fourth-order valence-electron chi connectivity index (χ4n) is 1.19. The Labute approximate surface area is 106 Å². The van der Waals surface area contributed by atoms with Gasteiger partial charge in [-0.05, 0) is 47.1 Å². The van der Waals surface area contributed by atoms with Crippen LogP contribution in [0.3, 0.4) is 0 Å². The highest BCUT2D eigenvalue weighted by molar-refractivity contribution is 8.01. The summed E-state index contributed by atoms with van der Waals surface area (Å²) in [6.45, 7) is 9.69. The van der Waals surface area contributed by atoms with Crippen LogP contribution in [-0.2, 0) is 0 Å². The number of unbranched alkanes of at least 4 members (excludes halogenated alkanes) is 1. The quantitative estimate of drug-likeness (QED) is 0.629. The lowest BCUT2D eigenvalue weighted by atomic mass is 10.1. The first-order chi connectivity index (χ1) is 7.47. The topological polar surface area (TPSA) is 37.8 Å². The van der Waals surface area contributed by atoms with Gasteiger partial charge in [0.1, 0.15) is 5.01 Å². The van der Waals surface area contributed by atoms with E-state index in [1.54, 1.807) is 11.3 Å². The second-order valence-electron chi connectivity index (χ2n) is 4.82. The second-order valence-corrected chi connectivity index (χ2v) is 7.34. The minimum absolute atomic E-state index is 0.240. The third kappa shape index (κ3) is 6.45. The molecule has 0 unspecified atom stereocenters. The summed E-state index contributed by atoms with van der Waals surface area (Å²) >= 11 is 3.50. The summed E-state index contributed by atoms with van der Waals surface area (Å²) in [5.74, 6) is 1.14. The molecular weight excluding hydrogens is 238 g/mol. The maximum atomic E-state index is 4.09. The number of aryl methyl sites for hydroxylation is 1. The van der Waals surface area contributed by atoms with E-state index < -0.39 is 0 Å². The van der Waals surface area contributed by atoms with Gasteiger partial charge in [-0.2, -0.15) is 0 Å². The lowest BCUT2D eigenvalue weighted by Crippen LogP contribution is -2.36. The number of nitrogens with zero attached hydrogens (tertiary/aromatic N) is 2. The number of hydrogen-bond acceptors (Lipinski definition) is 5. The first kappa shape index (κ1) is 13.9. The van der Waals surface area contributed by atoms with E-state index in [0.717, 1.165) is 21.6 Å². The van der Waals surface area contributed by atoms with Crippen LogP contribution in [-0.4, -0.2) is 28.0 Å². The molecule has 0 aromatic carbocycles. The molecule has 0 aliphatic rings. The molecule has 0 radical (unpaired) electrons. The molecule has 0 spiro atoms. The van der Waals surface area contributed by atoms with Crippen LogP contribution in [0.4, 0.5) is 0 Å². The minimum Gasteiger partial charge on any atom is -0.312 e. The molecule has 1 heterocycles. The first-order valence-electron chi connectivity index (χ1n) is 5.65. The van der Waals surface area contributed by atoms with Crippen molar-refractivity contribution in [3.05, 3.63) is 5.01 Å². The van der Waals surface area contributed by atoms with Crippen LogP contribution in [0.2, 0.25) is 0 Å². The molecule has 0 atom stereocenters. The zero-order chi connectivity index (χ0) is 12.0. The highest BCUT2D eigenvalue weighted by Crippen LogP contribution is 2.22.